The summed E-state index contributed by atoms with van der Waals surface area (Å²) in [6.45, 7) is 3.69. The Balaban J connectivity index is 1.86. The van der Waals surface area contributed by atoms with Gasteiger partial charge in [0.2, 0.25) is 5.91 Å². The first-order chi connectivity index (χ1) is 15.5. The normalized spacial score (nSPS) is 17.9. The van der Waals surface area contributed by atoms with Gasteiger partial charge in [-0.15, -0.1) is 0 Å². The van der Waals surface area contributed by atoms with Crippen molar-refractivity contribution in [1.29, 1.82) is 0 Å². The van der Waals surface area contributed by atoms with Crippen LogP contribution in [-0.2, 0) is 19.1 Å². The van der Waals surface area contributed by atoms with E-state index in [1.165, 1.54) is 23.1 Å². The molecule has 3 N–H and O–H groups in total. The minimum Gasteiger partial charge on any atom is -0.433 e. The Bertz CT molecular complexity index is 901. The second kappa shape index (κ2) is 10.0. The summed E-state index contributed by atoms with van der Waals surface area (Å²) in [6.07, 6.45) is 1.68. The zero-order chi connectivity index (χ0) is 24.3. The van der Waals surface area contributed by atoms with E-state index in [4.69, 9.17) is 10.5 Å². The average molecular weight is 469 g/mol. The fraction of sp³-hybridized carbons (Fsp3) is 0.591. The highest BCUT2D eigenvalue weighted by Crippen LogP contribution is 2.34. The van der Waals surface area contributed by atoms with E-state index < -0.39 is 24.5 Å². The molecule has 1 aliphatic carbocycles. The number of morpholine rings is 1. The van der Waals surface area contributed by atoms with Crippen LogP contribution in [0.2, 0.25) is 0 Å². The molecule has 1 saturated carbocycles. The molecule has 3 amide bonds. The lowest BCUT2D eigenvalue weighted by atomic mass is 9.94. The van der Waals surface area contributed by atoms with Gasteiger partial charge in [-0.3, -0.25) is 19.3 Å². The molecule has 1 heterocycles. The smallest absolute Gasteiger partial charge is 0.387 e. The molecule has 0 spiro atoms. The lowest BCUT2D eigenvalue weighted by Crippen LogP contribution is -2.55. The summed E-state index contributed by atoms with van der Waals surface area (Å²) in [7, 11) is 0. The lowest BCUT2D eigenvalue weighted by molar-refractivity contribution is -0.133. The number of nitrogens with one attached hydrogen (secondary N) is 1. The molecule has 182 valence electrons. The summed E-state index contributed by atoms with van der Waals surface area (Å²) in [5, 5.41) is 2.52. The fourth-order valence-electron chi connectivity index (χ4n) is 3.80. The van der Waals surface area contributed by atoms with Gasteiger partial charge in [0.05, 0.1) is 12.3 Å². The van der Waals surface area contributed by atoms with Crippen LogP contribution >= 0.6 is 0 Å². The van der Waals surface area contributed by atoms with E-state index in [2.05, 4.69) is 10.1 Å². The first-order valence-corrected chi connectivity index (χ1v) is 10.8. The molecule has 1 saturated heterocycles. The van der Waals surface area contributed by atoms with Gasteiger partial charge < -0.3 is 25.4 Å². The molecule has 1 aromatic carbocycles. The molecule has 0 bridgehead atoms. The summed E-state index contributed by atoms with van der Waals surface area (Å²) < 4.78 is 35.9. The number of carbonyl (C=O) groups is 3. The number of rotatable bonds is 9. The molecular formula is C22H30F2N4O5. The van der Waals surface area contributed by atoms with Crippen LogP contribution in [-0.4, -0.2) is 67.6 Å². The number of hydrogen-bond acceptors (Lipinski definition) is 6. The molecule has 0 aromatic heterocycles. The van der Waals surface area contributed by atoms with E-state index in [1.54, 1.807) is 4.90 Å². The van der Waals surface area contributed by atoms with Gasteiger partial charge in [-0.25, -0.2) is 0 Å². The lowest BCUT2D eigenvalue weighted by Gasteiger charge is -2.34. The predicted octanol–water partition coefficient (Wildman–Crippen LogP) is 1.95. The number of anilines is 2. The minimum atomic E-state index is -3.16. The van der Waals surface area contributed by atoms with Crippen molar-refractivity contribution in [1.82, 2.24) is 4.90 Å². The maximum Gasteiger partial charge on any atom is 0.387 e. The standard InChI is InChI=1S/C22H30F2N4O5/c1-22(2,3)12-28(13-4-5-13)18(19(25)30)20(31)26-15-7-6-14(10-16(15)33-21(23)24)27-8-9-32-11-17(27)29/h6-7,10,13,18,21H,4-5,8-9,11-12H2,1-3H3,(H2,25,30)(H,26,31)/t18-/m0/s1. The van der Waals surface area contributed by atoms with Crippen molar-refractivity contribution in [2.75, 3.05) is 36.5 Å². The van der Waals surface area contributed by atoms with E-state index in [9.17, 15) is 23.2 Å². The van der Waals surface area contributed by atoms with E-state index >= 15 is 0 Å². The molecule has 0 radical (unpaired) electrons. The number of carbonyl (C=O) groups excluding carboxylic acids is 3. The molecule has 0 unspecified atom stereocenters. The second-order valence-corrected chi connectivity index (χ2v) is 9.42. The number of benzene rings is 1. The Morgan fingerprint density at radius 2 is 2.03 bits per heavy atom. The maximum atomic E-state index is 13.1. The van der Waals surface area contributed by atoms with E-state index in [0.29, 0.717) is 18.8 Å². The van der Waals surface area contributed by atoms with Crippen LogP contribution < -0.4 is 20.7 Å². The third-order valence-corrected chi connectivity index (χ3v) is 5.26. The highest BCUT2D eigenvalue weighted by Gasteiger charge is 2.42. The van der Waals surface area contributed by atoms with Gasteiger partial charge in [0.1, 0.15) is 6.61 Å². The number of hydrogen-bond donors (Lipinski definition) is 2. The molecule has 11 heteroatoms. The van der Waals surface area contributed by atoms with Crippen LogP contribution in [0.4, 0.5) is 20.2 Å². The van der Waals surface area contributed by atoms with Crippen LogP contribution in [0.15, 0.2) is 18.2 Å². The van der Waals surface area contributed by atoms with Crippen LogP contribution in [0.1, 0.15) is 33.6 Å². The molecule has 2 aliphatic rings. The molecule has 2 fully saturated rings. The highest BCUT2D eigenvalue weighted by atomic mass is 19.3. The molecule has 1 aromatic rings. The van der Waals surface area contributed by atoms with Gasteiger partial charge in [0.15, 0.2) is 11.8 Å². The van der Waals surface area contributed by atoms with Gasteiger partial charge in [-0.2, -0.15) is 8.78 Å². The van der Waals surface area contributed by atoms with Gasteiger partial charge in [0.25, 0.3) is 11.8 Å². The van der Waals surface area contributed by atoms with Crippen molar-refractivity contribution >= 4 is 29.1 Å². The molecular weight excluding hydrogens is 438 g/mol. The first kappa shape index (κ1) is 24.8. The Morgan fingerprint density at radius 3 is 2.58 bits per heavy atom. The first-order valence-electron chi connectivity index (χ1n) is 10.8. The van der Waals surface area contributed by atoms with Crippen molar-refractivity contribution < 1.29 is 32.6 Å². The van der Waals surface area contributed by atoms with Gasteiger partial charge in [0, 0.05) is 30.9 Å². The van der Waals surface area contributed by atoms with Gasteiger partial charge >= 0.3 is 6.61 Å². The third kappa shape index (κ3) is 6.61. The fourth-order valence-corrected chi connectivity index (χ4v) is 3.80. The molecule has 1 aliphatic heterocycles. The van der Waals surface area contributed by atoms with Crippen molar-refractivity contribution in [2.24, 2.45) is 11.1 Å². The summed E-state index contributed by atoms with van der Waals surface area (Å²) in [6, 6.07) is 2.90. The second-order valence-electron chi connectivity index (χ2n) is 9.42. The number of ether oxygens (including phenoxy) is 2. The van der Waals surface area contributed by atoms with Crippen molar-refractivity contribution in [3.8, 4) is 5.75 Å². The Kier molecular flexibility index (Phi) is 7.53. The van der Waals surface area contributed by atoms with Gasteiger partial charge in [-0.05, 0) is 30.4 Å². The SMILES string of the molecule is CC(C)(C)CN(C1CC1)[C@@H](C(N)=O)C(=O)Nc1ccc(N2CCOCC2=O)cc1OC(F)F. The van der Waals surface area contributed by atoms with Crippen LogP contribution in [0.3, 0.4) is 0 Å². The quantitative estimate of drug-likeness (QED) is 0.536. The Morgan fingerprint density at radius 1 is 1.33 bits per heavy atom. The van der Waals surface area contributed by atoms with E-state index in [0.717, 1.165) is 12.8 Å². The monoisotopic (exact) mass is 468 g/mol. The maximum absolute atomic E-state index is 13.1. The molecule has 33 heavy (non-hydrogen) atoms. The zero-order valence-electron chi connectivity index (χ0n) is 19.0. The van der Waals surface area contributed by atoms with E-state index in [-0.39, 0.29) is 42.0 Å². The summed E-state index contributed by atoms with van der Waals surface area (Å²) in [5.41, 5.74) is 5.66. The number of halogens is 2. The summed E-state index contributed by atoms with van der Waals surface area (Å²) >= 11 is 0. The highest BCUT2D eigenvalue weighted by molar-refractivity contribution is 6.10. The van der Waals surface area contributed by atoms with Crippen molar-refractivity contribution in [3.05, 3.63) is 18.2 Å². The third-order valence-electron chi connectivity index (χ3n) is 5.26. The van der Waals surface area contributed by atoms with Gasteiger partial charge in [-0.1, -0.05) is 20.8 Å². The number of amides is 3. The summed E-state index contributed by atoms with van der Waals surface area (Å²) in [4.78, 5) is 40.6. The van der Waals surface area contributed by atoms with Crippen LogP contribution in [0, 0.1) is 5.41 Å². The zero-order valence-corrected chi connectivity index (χ0v) is 19.0. The van der Waals surface area contributed by atoms with Crippen molar-refractivity contribution in [3.63, 3.8) is 0 Å². The summed E-state index contributed by atoms with van der Waals surface area (Å²) in [5.74, 6) is -2.20. The number of nitrogens with zero attached hydrogens (tertiary/aromatic N) is 2. The predicted molar refractivity (Wildman–Crippen MR) is 117 cm³/mol. The van der Waals surface area contributed by atoms with Crippen LogP contribution in [0.25, 0.3) is 0 Å². The number of primary amides is 1. The van der Waals surface area contributed by atoms with E-state index in [1.807, 2.05) is 20.8 Å². The largest absolute Gasteiger partial charge is 0.433 e. The number of nitrogens with two attached hydrogens (primary N) is 1. The molecule has 3 rings (SSSR count). The molecule has 1 atom stereocenters. The molecule has 9 nitrogen and oxygen atoms in total. The number of alkyl halides is 2. The Labute approximate surface area is 191 Å². The topological polar surface area (TPSA) is 114 Å². The Hall–Kier alpha value is -2.79. The van der Waals surface area contributed by atoms with Crippen LogP contribution in [0.5, 0.6) is 5.75 Å². The van der Waals surface area contributed by atoms with Crippen molar-refractivity contribution in [2.45, 2.75) is 52.3 Å². The minimum absolute atomic E-state index is 0.0532. The average Bonchev–Trinajstić information content (AvgIpc) is 3.53.